The summed E-state index contributed by atoms with van der Waals surface area (Å²) < 4.78 is 0. The third kappa shape index (κ3) is 3.95. The second kappa shape index (κ2) is 7.09. The summed E-state index contributed by atoms with van der Waals surface area (Å²) in [6, 6.07) is 11.0. The van der Waals surface area contributed by atoms with E-state index in [1.807, 2.05) is 31.2 Å². The molecule has 0 atom stereocenters. The summed E-state index contributed by atoms with van der Waals surface area (Å²) in [6.45, 7) is 4.80. The predicted molar refractivity (Wildman–Crippen MR) is 87.2 cm³/mol. The summed E-state index contributed by atoms with van der Waals surface area (Å²) in [4.78, 5) is 16.6. The van der Waals surface area contributed by atoms with Crippen molar-refractivity contribution in [2.75, 3.05) is 17.2 Å². The number of para-hydroxylation sites is 1. The molecule has 0 saturated carbocycles. The third-order valence-electron chi connectivity index (χ3n) is 3.01. The first-order valence-electron chi connectivity index (χ1n) is 6.89. The molecule has 0 fully saturated rings. The maximum atomic E-state index is 12.3. The molecular formula is C16H18ClN3O. The third-order valence-corrected chi connectivity index (χ3v) is 3.32. The number of amides is 1. The van der Waals surface area contributed by atoms with Gasteiger partial charge in [-0.15, -0.1) is 0 Å². The van der Waals surface area contributed by atoms with Gasteiger partial charge in [-0.2, -0.15) is 0 Å². The lowest BCUT2D eigenvalue weighted by Gasteiger charge is -2.10. The minimum Gasteiger partial charge on any atom is -0.370 e. The van der Waals surface area contributed by atoms with E-state index in [2.05, 4.69) is 22.5 Å². The lowest BCUT2D eigenvalue weighted by atomic mass is 10.2. The maximum Gasteiger partial charge on any atom is 0.275 e. The molecular weight excluding hydrogens is 286 g/mol. The van der Waals surface area contributed by atoms with Gasteiger partial charge in [0.2, 0.25) is 0 Å². The van der Waals surface area contributed by atoms with Crippen LogP contribution in [0.3, 0.4) is 0 Å². The van der Waals surface area contributed by atoms with Gasteiger partial charge in [0.25, 0.3) is 5.91 Å². The van der Waals surface area contributed by atoms with Crippen LogP contribution in [0.15, 0.2) is 36.4 Å². The molecule has 0 saturated heterocycles. The number of rotatable bonds is 5. The van der Waals surface area contributed by atoms with E-state index < -0.39 is 0 Å². The van der Waals surface area contributed by atoms with E-state index in [-0.39, 0.29) is 11.6 Å². The standard InChI is InChI=1S/C16H18ClN3O/c1-3-10-18-14-9-8-12(17)15(20-14)16(21)19-13-7-5-4-6-11(13)2/h4-9H,3,10H2,1-2H3,(H,18,20)(H,19,21). The van der Waals surface area contributed by atoms with Crippen LogP contribution in [0.1, 0.15) is 29.4 Å². The monoisotopic (exact) mass is 303 g/mol. The number of carbonyl (C=O) groups is 1. The zero-order chi connectivity index (χ0) is 15.2. The molecule has 0 radical (unpaired) electrons. The zero-order valence-corrected chi connectivity index (χ0v) is 12.9. The Hall–Kier alpha value is -2.07. The Balaban J connectivity index is 2.20. The van der Waals surface area contributed by atoms with Crippen LogP contribution in [0.4, 0.5) is 11.5 Å². The summed E-state index contributed by atoms with van der Waals surface area (Å²) in [5.41, 5.74) is 1.97. The van der Waals surface area contributed by atoms with Crippen molar-refractivity contribution in [1.29, 1.82) is 0 Å². The van der Waals surface area contributed by atoms with Gasteiger partial charge < -0.3 is 10.6 Å². The van der Waals surface area contributed by atoms with E-state index in [1.165, 1.54) is 0 Å². The molecule has 0 bridgehead atoms. The lowest BCUT2D eigenvalue weighted by molar-refractivity contribution is 0.102. The molecule has 1 aromatic heterocycles. The fraction of sp³-hybridized carbons (Fsp3) is 0.250. The Kier molecular flexibility index (Phi) is 5.17. The highest BCUT2D eigenvalue weighted by Crippen LogP contribution is 2.20. The average molecular weight is 304 g/mol. The highest BCUT2D eigenvalue weighted by atomic mass is 35.5. The first-order valence-corrected chi connectivity index (χ1v) is 7.27. The Morgan fingerprint density at radius 1 is 1.24 bits per heavy atom. The van der Waals surface area contributed by atoms with Crippen molar-refractivity contribution in [1.82, 2.24) is 4.98 Å². The number of hydrogen-bond donors (Lipinski definition) is 2. The first-order chi connectivity index (χ1) is 10.1. The summed E-state index contributed by atoms with van der Waals surface area (Å²) in [5, 5.41) is 6.32. The van der Waals surface area contributed by atoms with Gasteiger partial charge in [0, 0.05) is 12.2 Å². The number of nitrogens with zero attached hydrogens (tertiary/aromatic N) is 1. The van der Waals surface area contributed by atoms with Gasteiger partial charge in [0.1, 0.15) is 11.5 Å². The fourth-order valence-electron chi connectivity index (χ4n) is 1.85. The molecule has 110 valence electrons. The first kappa shape index (κ1) is 15.3. The molecule has 1 heterocycles. The Bertz CT molecular complexity index is 643. The summed E-state index contributed by atoms with van der Waals surface area (Å²) in [7, 11) is 0. The second-order valence-corrected chi connectivity index (χ2v) is 5.13. The van der Waals surface area contributed by atoms with E-state index in [4.69, 9.17) is 11.6 Å². The van der Waals surface area contributed by atoms with Crippen LogP contribution in [0, 0.1) is 6.92 Å². The maximum absolute atomic E-state index is 12.3. The van der Waals surface area contributed by atoms with E-state index in [0.717, 1.165) is 24.2 Å². The minimum atomic E-state index is -0.311. The molecule has 2 N–H and O–H groups in total. The van der Waals surface area contributed by atoms with E-state index >= 15 is 0 Å². The zero-order valence-electron chi connectivity index (χ0n) is 12.1. The highest BCUT2D eigenvalue weighted by molar-refractivity contribution is 6.34. The van der Waals surface area contributed by atoms with Crippen LogP contribution in [-0.2, 0) is 0 Å². The van der Waals surface area contributed by atoms with Gasteiger partial charge in [0.15, 0.2) is 0 Å². The van der Waals surface area contributed by atoms with Gasteiger partial charge in [-0.3, -0.25) is 4.79 Å². The van der Waals surface area contributed by atoms with Crippen LogP contribution >= 0.6 is 11.6 Å². The quantitative estimate of drug-likeness (QED) is 0.873. The molecule has 0 aliphatic rings. The van der Waals surface area contributed by atoms with Gasteiger partial charge in [-0.1, -0.05) is 36.7 Å². The number of halogens is 1. The minimum absolute atomic E-state index is 0.223. The van der Waals surface area contributed by atoms with Gasteiger partial charge in [-0.05, 0) is 37.1 Å². The summed E-state index contributed by atoms with van der Waals surface area (Å²) in [5.74, 6) is 0.339. The van der Waals surface area contributed by atoms with Crippen molar-refractivity contribution in [2.24, 2.45) is 0 Å². The second-order valence-electron chi connectivity index (χ2n) is 4.72. The normalized spacial score (nSPS) is 10.2. The molecule has 4 nitrogen and oxygen atoms in total. The molecule has 1 aromatic carbocycles. The van der Waals surface area contributed by atoms with Crippen molar-refractivity contribution >= 4 is 29.0 Å². The van der Waals surface area contributed by atoms with E-state index in [1.54, 1.807) is 12.1 Å². The molecule has 0 aliphatic carbocycles. The number of benzene rings is 1. The number of anilines is 2. The van der Waals surface area contributed by atoms with Crippen LogP contribution in [0.2, 0.25) is 5.02 Å². The SMILES string of the molecule is CCCNc1ccc(Cl)c(C(=O)Nc2ccccc2C)n1. The predicted octanol–water partition coefficient (Wildman–Crippen LogP) is 4.12. The topological polar surface area (TPSA) is 54.0 Å². The Morgan fingerprint density at radius 2 is 2.00 bits per heavy atom. The molecule has 0 spiro atoms. The molecule has 0 unspecified atom stereocenters. The number of hydrogen-bond acceptors (Lipinski definition) is 3. The smallest absolute Gasteiger partial charge is 0.275 e. The molecule has 5 heteroatoms. The van der Waals surface area contributed by atoms with Crippen LogP contribution in [0.25, 0.3) is 0 Å². The molecule has 1 amide bonds. The number of aromatic nitrogens is 1. The molecule has 0 aliphatic heterocycles. The molecule has 2 aromatic rings. The van der Waals surface area contributed by atoms with E-state index in [9.17, 15) is 4.79 Å². The van der Waals surface area contributed by atoms with Crippen molar-refractivity contribution in [3.05, 3.63) is 52.7 Å². The molecule has 2 rings (SSSR count). The Labute approximate surface area is 129 Å². The van der Waals surface area contributed by atoms with Crippen molar-refractivity contribution in [3.8, 4) is 0 Å². The van der Waals surface area contributed by atoms with Crippen LogP contribution in [-0.4, -0.2) is 17.4 Å². The van der Waals surface area contributed by atoms with E-state index in [0.29, 0.717) is 10.8 Å². The van der Waals surface area contributed by atoms with Gasteiger partial charge >= 0.3 is 0 Å². The van der Waals surface area contributed by atoms with Crippen molar-refractivity contribution in [2.45, 2.75) is 20.3 Å². The largest absolute Gasteiger partial charge is 0.370 e. The number of aryl methyl sites for hydroxylation is 1. The lowest BCUT2D eigenvalue weighted by Crippen LogP contribution is -2.16. The van der Waals surface area contributed by atoms with Crippen LogP contribution < -0.4 is 10.6 Å². The van der Waals surface area contributed by atoms with Gasteiger partial charge in [0.05, 0.1) is 5.02 Å². The number of carbonyl (C=O) groups excluding carboxylic acids is 1. The summed E-state index contributed by atoms with van der Waals surface area (Å²) >= 11 is 6.08. The average Bonchev–Trinajstić information content (AvgIpc) is 2.48. The molecule has 21 heavy (non-hydrogen) atoms. The Morgan fingerprint density at radius 3 is 2.71 bits per heavy atom. The van der Waals surface area contributed by atoms with Crippen molar-refractivity contribution < 1.29 is 4.79 Å². The number of pyridine rings is 1. The van der Waals surface area contributed by atoms with Crippen LogP contribution in [0.5, 0.6) is 0 Å². The summed E-state index contributed by atoms with van der Waals surface area (Å²) in [6.07, 6.45) is 0.981. The highest BCUT2D eigenvalue weighted by Gasteiger charge is 2.14. The fourth-order valence-corrected chi connectivity index (χ4v) is 2.04. The van der Waals surface area contributed by atoms with Gasteiger partial charge in [-0.25, -0.2) is 4.98 Å². The number of nitrogens with one attached hydrogen (secondary N) is 2. The van der Waals surface area contributed by atoms with Crippen molar-refractivity contribution in [3.63, 3.8) is 0 Å².